The first kappa shape index (κ1) is 16.3. The number of halogens is 1. The Hall–Kier alpha value is -1.10. The molecule has 21 heavy (non-hydrogen) atoms. The minimum atomic E-state index is 0.615. The van der Waals surface area contributed by atoms with Gasteiger partial charge in [-0.05, 0) is 24.7 Å². The average molecular weight is 324 g/mol. The summed E-state index contributed by atoms with van der Waals surface area (Å²) in [5, 5.41) is 8.90. The number of likely N-dealkylation sites (N-methyl/N-ethyl adjacent to an activating group) is 1. The lowest BCUT2D eigenvalue weighted by molar-refractivity contribution is 0.289. The Bertz CT molecular complexity index is 628. The molecule has 1 N–H and O–H groups in total. The topological polar surface area (TPSA) is 32.0 Å². The molecule has 5 heteroatoms. The van der Waals surface area contributed by atoms with Gasteiger partial charge in [0.1, 0.15) is 0 Å². The van der Waals surface area contributed by atoms with E-state index in [0.717, 1.165) is 43.2 Å². The lowest BCUT2D eigenvalue weighted by atomic mass is 10.1. The fourth-order valence-electron chi connectivity index (χ4n) is 2.31. The normalized spacial score (nSPS) is 11.2. The smallest absolute Gasteiger partial charge is 0.182 e. The highest BCUT2D eigenvalue weighted by Gasteiger charge is 2.07. The summed E-state index contributed by atoms with van der Waals surface area (Å²) in [5.74, 6) is 0. The number of nitrogens with zero attached hydrogens (tertiary/aromatic N) is 2. The number of thiazole rings is 1. The van der Waals surface area contributed by atoms with Crippen LogP contribution in [-0.4, -0.2) is 29.1 Å². The minimum absolute atomic E-state index is 0.615. The largest absolute Gasteiger partial charge is 0.323 e. The van der Waals surface area contributed by atoms with Crippen LogP contribution in [0.15, 0.2) is 30.5 Å². The van der Waals surface area contributed by atoms with Crippen LogP contribution in [-0.2, 0) is 13.0 Å². The molecule has 0 amide bonds. The summed E-state index contributed by atoms with van der Waals surface area (Å²) < 4.78 is 2.04. The van der Waals surface area contributed by atoms with Crippen LogP contribution in [0.5, 0.6) is 0 Å². The van der Waals surface area contributed by atoms with Crippen molar-refractivity contribution in [1.82, 2.24) is 9.47 Å². The van der Waals surface area contributed by atoms with E-state index < -0.39 is 0 Å². The van der Waals surface area contributed by atoms with Gasteiger partial charge in [0.2, 0.25) is 0 Å². The highest BCUT2D eigenvalue weighted by molar-refractivity contribution is 7.09. The molecule has 2 aromatic rings. The van der Waals surface area contributed by atoms with Crippen LogP contribution in [0.4, 0.5) is 0 Å². The zero-order chi connectivity index (χ0) is 15.2. The Kier molecular flexibility index (Phi) is 6.03. The van der Waals surface area contributed by atoms with Gasteiger partial charge in [0, 0.05) is 35.6 Å². The van der Waals surface area contributed by atoms with Crippen molar-refractivity contribution in [1.29, 1.82) is 5.41 Å². The molecule has 0 spiro atoms. The Balaban J connectivity index is 2.05. The van der Waals surface area contributed by atoms with Gasteiger partial charge in [0.15, 0.2) is 4.80 Å². The highest BCUT2D eigenvalue weighted by atomic mass is 35.5. The molecular weight excluding hydrogens is 302 g/mol. The van der Waals surface area contributed by atoms with Crippen LogP contribution in [0, 0.1) is 5.41 Å². The molecule has 0 bridgehead atoms. The molecule has 0 unspecified atom stereocenters. The van der Waals surface area contributed by atoms with Crippen LogP contribution in [0.25, 0.3) is 0 Å². The maximum absolute atomic E-state index is 8.10. The number of benzene rings is 1. The molecule has 0 fully saturated rings. The van der Waals surface area contributed by atoms with E-state index in [1.54, 1.807) is 0 Å². The van der Waals surface area contributed by atoms with Crippen LogP contribution in [0.1, 0.15) is 24.3 Å². The molecule has 1 aromatic carbocycles. The number of hydrogen-bond donors (Lipinski definition) is 1. The molecule has 0 aliphatic heterocycles. The third-order valence-electron chi connectivity index (χ3n) is 3.66. The molecule has 1 aromatic heterocycles. The average Bonchev–Trinajstić information content (AvgIpc) is 2.83. The third kappa shape index (κ3) is 4.43. The molecule has 0 radical (unpaired) electrons. The van der Waals surface area contributed by atoms with Crippen molar-refractivity contribution in [2.24, 2.45) is 0 Å². The van der Waals surface area contributed by atoms with E-state index in [-0.39, 0.29) is 0 Å². The highest BCUT2D eigenvalue weighted by Crippen LogP contribution is 2.19. The standard InChI is InChI=1S/C16H22ClN3S/c1-3-19(4-2)9-10-20-12-14(21-16(20)18)11-13-7-5-6-8-15(13)17/h5-8,12,18H,3-4,9-11H2,1-2H3. The summed E-state index contributed by atoms with van der Waals surface area (Å²) in [4.78, 5) is 4.18. The van der Waals surface area contributed by atoms with Gasteiger partial charge in [-0.15, -0.1) is 11.3 Å². The molecule has 0 aliphatic rings. The first-order chi connectivity index (χ1) is 10.1. The fraction of sp³-hybridized carbons (Fsp3) is 0.438. The zero-order valence-corrected chi connectivity index (χ0v) is 14.2. The Morgan fingerprint density at radius 3 is 2.62 bits per heavy atom. The summed E-state index contributed by atoms with van der Waals surface area (Å²) >= 11 is 7.74. The molecular formula is C16H22ClN3S. The molecule has 3 nitrogen and oxygen atoms in total. The van der Waals surface area contributed by atoms with Gasteiger partial charge in [0.25, 0.3) is 0 Å². The maximum Gasteiger partial charge on any atom is 0.182 e. The maximum atomic E-state index is 8.10. The van der Waals surface area contributed by atoms with Crippen molar-refractivity contribution >= 4 is 22.9 Å². The summed E-state index contributed by atoms with van der Waals surface area (Å²) in [6.07, 6.45) is 2.90. The first-order valence-electron chi connectivity index (χ1n) is 7.33. The second kappa shape index (κ2) is 7.78. The minimum Gasteiger partial charge on any atom is -0.323 e. The Labute approximate surface area is 135 Å². The van der Waals surface area contributed by atoms with Crippen molar-refractivity contribution < 1.29 is 0 Å². The van der Waals surface area contributed by atoms with Gasteiger partial charge in [-0.3, -0.25) is 5.41 Å². The van der Waals surface area contributed by atoms with Gasteiger partial charge in [-0.2, -0.15) is 0 Å². The van der Waals surface area contributed by atoms with Gasteiger partial charge >= 0.3 is 0 Å². The Morgan fingerprint density at radius 2 is 1.95 bits per heavy atom. The fourth-order valence-corrected chi connectivity index (χ4v) is 3.43. The number of nitrogens with one attached hydrogen (secondary N) is 1. The second-order valence-electron chi connectivity index (χ2n) is 4.99. The zero-order valence-electron chi connectivity index (χ0n) is 12.6. The van der Waals surface area contributed by atoms with Crippen molar-refractivity contribution in [2.45, 2.75) is 26.8 Å². The molecule has 114 valence electrons. The van der Waals surface area contributed by atoms with Gasteiger partial charge in [0.05, 0.1) is 0 Å². The molecule has 2 rings (SSSR count). The second-order valence-corrected chi connectivity index (χ2v) is 6.51. The van der Waals surface area contributed by atoms with Crippen molar-refractivity contribution in [3.05, 3.63) is 50.7 Å². The van der Waals surface area contributed by atoms with E-state index in [1.807, 2.05) is 28.8 Å². The van der Waals surface area contributed by atoms with E-state index in [0.29, 0.717) is 4.80 Å². The molecule has 1 heterocycles. The summed E-state index contributed by atoms with van der Waals surface area (Å²) in [6, 6.07) is 7.91. The van der Waals surface area contributed by atoms with Crippen molar-refractivity contribution in [3.8, 4) is 0 Å². The predicted molar refractivity (Wildman–Crippen MR) is 90.2 cm³/mol. The molecule has 0 saturated carbocycles. The van der Waals surface area contributed by atoms with Crippen LogP contribution in [0.2, 0.25) is 5.02 Å². The van der Waals surface area contributed by atoms with Crippen molar-refractivity contribution in [2.75, 3.05) is 19.6 Å². The number of rotatable bonds is 7. The van der Waals surface area contributed by atoms with Crippen LogP contribution < -0.4 is 4.80 Å². The molecule has 0 aliphatic carbocycles. The molecule has 0 atom stereocenters. The van der Waals surface area contributed by atoms with Gasteiger partial charge < -0.3 is 9.47 Å². The monoisotopic (exact) mass is 323 g/mol. The Morgan fingerprint density at radius 1 is 1.24 bits per heavy atom. The lowest BCUT2D eigenvalue weighted by Crippen LogP contribution is -2.29. The summed E-state index contributed by atoms with van der Waals surface area (Å²) in [6.45, 7) is 8.33. The van der Waals surface area contributed by atoms with E-state index in [1.165, 1.54) is 16.2 Å². The quantitative estimate of drug-likeness (QED) is 0.829. The predicted octanol–water partition coefficient (Wildman–Crippen LogP) is 3.62. The number of hydrogen-bond acceptors (Lipinski definition) is 3. The van der Waals surface area contributed by atoms with E-state index in [4.69, 9.17) is 17.0 Å². The van der Waals surface area contributed by atoms with E-state index in [2.05, 4.69) is 24.9 Å². The third-order valence-corrected chi connectivity index (χ3v) is 4.97. The number of aromatic nitrogens is 1. The first-order valence-corrected chi connectivity index (χ1v) is 8.53. The SMILES string of the molecule is CCN(CC)CCn1cc(Cc2ccccc2Cl)sc1=N. The lowest BCUT2D eigenvalue weighted by Gasteiger charge is -2.17. The van der Waals surface area contributed by atoms with Crippen LogP contribution >= 0.6 is 22.9 Å². The summed E-state index contributed by atoms with van der Waals surface area (Å²) in [5.41, 5.74) is 1.12. The van der Waals surface area contributed by atoms with E-state index in [9.17, 15) is 0 Å². The van der Waals surface area contributed by atoms with E-state index >= 15 is 0 Å². The molecule has 0 saturated heterocycles. The summed E-state index contributed by atoms with van der Waals surface area (Å²) in [7, 11) is 0. The van der Waals surface area contributed by atoms with Crippen LogP contribution in [0.3, 0.4) is 0 Å². The van der Waals surface area contributed by atoms with Crippen molar-refractivity contribution in [3.63, 3.8) is 0 Å². The van der Waals surface area contributed by atoms with Gasteiger partial charge in [-0.25, -0.2) is 0 Å². The van der Waals surface area contributed by atoms with Gasteiger partial charge in [-0.1, -0.05) is 43.6 Å².